The molecule has 0 amide bonds. The molecule has 0 bridgehead atoms. The van der Waals surface area contributed by atoms with Gasteiger partial charge in [0.25, 0.3) is 0 Å². The third kappa shape index (κ3) is 3.81. The van der Waals surface area contributed by atoms with Crippen molar-refractivity contribution in [3.05, 3.63) is 46.9 Å². The zero-order valence-corrected chi connectivity index (χ0v) is 15.5. The average molecular weight is 361 g/mol. The van der Waals surface area contributed by atoms with E-state index >= 15 is 0 Å². The van der Waals surface area contributed by atoms with Crippen LogP contribution in [0.15, 0.2) is 29.2 Å². The molecule has 2 heterocycles. The number of nitrogens with one attached hydrogen (secondary N) is 2. The monoisotopic (exact) mass is 361 g/mol. The van der Waals surface area contributed by atoms with Gasteiger partial charge in [-0.05, 0) is 37.6 Å². The van der Waals surface area contributed by atoms with E-state index in [1.165, 1.54) is 18.4 Å². The Morgan fingerprint density at radius 3 is 2.60 bits per heavy atom. The van der Waals surface area contributed by atoms with E-state index in [1.54, 1.807) is 12.1 Å². The molecule has 0 radical (unpaired) electrons. The zero-order chi connectivity index (χ0) is 18.0. The first-order chi connectivity index (χ1) is 11.9. The summed E-state index contributed by atoms with van der Waals surface area (Å²) in [4.78, 5) is 9.32. The average Bonchev–Trinajstić information content (AvgIpc) is 2.59. The van der Waals surface area contributed by atoms with Crippen LogP contribution in [0.1, 0.15) is 22.6 Å². The minimum atomic E-state index is -3.39. The lowest BCUT2D eigenvalue weighted by Crippen LogP contribution is -2.26. The summed E-state index contributed by atoms with van der Waals surface area (Å²) in [5.41, 5.74) is 3.21. The molecular weight excluding hydrogens is 338 g/mol. The van der Waals surface area contributed by atoms with Crippen LogP contribution < -0.4 is 10.6 Å². The van der Waals surface area contributed by atoms with E-state index < -0.39 is 10.0 Å². The number of sulfonamides is 1. The van der Waals surface area contributed by atoms with Crippen LogP contribution in [0.2, 0.25) is 0 Å². The van der Waals surface area contributed by atoms with Gasteiger partial charge in [-0.3, -0.25) is 0 Å². The summed E-state index contributed by atoms with van der Waals surface area (Å²) >= 11 is 0. The Bertz CT molecular complexity index is 863. The second-order valence-electron chi connectivity index (χ2n) is 6.26. The summed E-state index contributed by atoms with van der Waals surface area (Å²) in [6, 6.07) is 6.92. The molecule has 0 fully saturated rings. The van der Waals surface area contributed by atoms with Crippen molar-refractivity contribution >= 4 is 15.8 Å². The van der Waals surface area contributed by atoms with E-state index in [4.69, 9.17) is 0 Å². The van der Waals surface area contributed by atoms with Gasteiger partial charge in [-0.15, -0.1) is 0 Å². The molecule has 0 saturated heterocycles. The Labute approximate surface area is 148 Å². The summed E-state index contributed by atoms with van der Waals surface area (Å²) in [5, 5.41) is 6.69. The molecule has 2 N–H and O–H groups in total. The number of benzene rings is 1. The van der Waals surface area contributed by atoms with Gasteiger partial charge in [0.15, 0.2) is 0 Å². The maximum Gasteiger partial charge on any atom is 0.242 e. The molecule has 2 aromatic rings. The highest BCUT2D eigenvalue weighted by Gasteiger charge is 2.18. The molecule has 0 spiro atoms. The molecule has 0 atom stereocenters. The normalized spacial score (nSPS) is 14.4. The molecule has 1 aliphatic rings. The quantitative estimate of drug-likeness (QED) is 0.835. The largest absolute Gasteiger partial charge is 0.366 e. The third-order valence-electron chi connectivity index (χ3n) is 4.21. The molecule has 1 aromatic heterocycles. The number of fused-ring (bicyclic) bond motifs is 1. The second-order valence-corrected chi connectivity index (χ2v) is 8.41. The van der Waals surface area contributed by atoms with E-state index in [1.807, 2.05) is 19.1 Å². The van der Waals surface area contributed by atoms with Crippen LogP contribution in [0.4, 0.5) is 5.82 Å². The highest BCUT2D eigenvalue weighted by molar-refractivity contribution is 7.89. The lowest BCUT2D eigenvalue weighted by Gasteiger charge is -2.20. The molecule has 134 valence electrons. The number of aryl methyl sites for hydroxylation is 1. The number of rotatable bonds is 5. The summed E-state index contributed by atoms with van der Waals surface area (Å²) in [5.74, 6) is 1.62. The van der Waals surface area contributed by atoms with Crippen LogP contribution in [-0.4, -0.2) is 43.3 Å². The molecule has 1 aromatic carbocycles. The summed E-state index contributed by atoms with van der Waals surface area (Å²) in [6.07, 6.45) is 0.901. The van der Waals surface area contributed by atoms with Crippen LogP contribution in [0, 0.1) is 6.92 Å². The van der Waals surface area contributed by atoms with Crippen molar-refractivity contribution in [2.24, 2.45) is 0 Å². The topological polar surface area (TPSA) is 87.2 Å². The van der Waals surface area contributed by atoms with Gasteiger partial charge in [-0.25, -0.2) is 22.7 Å². The Morgan fingerprint density at radius 1 is 1.20 bits per heavy atom. The van der Waals surface area contributed by atoms with E-state index in [0.717, 1.165) is 48.0 Å². The molecule has 1 aliphatic heterocycles. The summed E-state index contributed by atoms with van der Waals surface area (Å²) < 4.78 is 25.4. The van der Waals surface area contributed by atoms with E-state index in [9.17, 15) is 8.42 Å². The number of anilines is 1. The predicted octanol–water partition coefficient (Wildman–Crippen LogP) is 1.29. The van der Waals surface area contributed by atoms with Crippen LogP contribution in [0.3, 0.4) is 0 Å². The predicted molar refractivity (Wildman–Crippen MR) is 96.8 cm³/mol. The van der Waals surface area contributed by atoms with Gasteiger partial charge in [-0.1, -0.05) is 12.1 Å². The van der Waals surface area contributed by atoms with Gasteiger partial charge in [0.05, 0.1) is 10.6 Å². The highest BCUT2D eigenvalue weighted by Crippen LogP contribution is 2.21. The fraction of sp³-hybridized carbons (Fsp3) is 0.412. The fourth-order valence-electron chi connectivity index (χ4n) is 2.80. The third-order valence-corrected chi connectivity index (χ3v) is 6.04. The van der Waals surface area contributed by atoms with Gasteiger partial charge >= 0.3 is 0 Å². The first-order valence-corrected chi connectivity index (χ1v) is 9.64. The van der Waals surface area contributed by atoms with Crippen molar-refractivity contribution in [2.75, 3.05) is 26.0 Å². The van der Waals surface area contributed by atoms with Gasteiger partial charge < -0.3 is 10.6 Å². The van der Waals surface area contributed by atoms with Crippen molar-refractivity contribution in [2.45, 2.75) is 31.3 Å². The minimum Gasteiger partial charge on any atom is -0.366 e. The Balaban J connectivity index is 1.76. The molecule has 8 heteroatoms. The molecule has 0 unspecified atom stereocenters. The van der Waals surface area contributed by atoms with Gasteiger partial charge in [0, 0.05) is 32.7 Å². The van der Waals surface area contributed by atoms with Gasteiger partial charge in [0.2, 0.25) is 10.0 Å². The standard InChI is InChI=1S/C17H23N5O2S/c1-12-20-16-11-18-9-8-15(16)17(21-12)19-10-13-4-6-14(7-5-13)25(23,24)22(2)3/h4-7,18H,8-11H2,1-3H3,(H,19,20,21). The van der Waals surface area contributed by atoms with Gasteiger partial charge in [0.1, 0.15) is 11.6 Å². The van der Waals surface area contributed by atoms with Crippen molar-refractivity contribution < 1.29 is 8.42 Å². The lowest BCUT2D eigenvalue weighted by molar-refractivity contribution is 0.520. The van der Waals surface area contributed by atoms with Crippen LogP contribution in [0.5, 0.6) is 0 Å². The lowest BCUT2D eigenvalue weighted by atomic mass is 10.1. The van der Waals surface area contributed by atoms with E-state index in [-0.39, 0.29) is 0 Å². The van der Waals surface area contributed by atoms with Gasteiger partial charge in [-0.2, -0.15) is 0 Å². The van der Waals surface area contributed by atoms with Crippen molar-refractivity contribution in [3.8, 4) is 0 Å². The summed E-state index contributed by atoms with van der Waals surface area (Å²) in [7, 11) is -0.337. The Hall–Kier alpha value is -2.03. The maximum atomic E-state index is 12.1. The van der Waals surface area contributed by atoms with Crippen LogP contribution in [-0.2, 0) is 29.5 Å². The van der Waals surface area contributed by atoms with Crippen molar-refractivity contribution in [3.63, 3.8) is 0 Å². The fourth-order valence-corrected chi connectivity index (χ4v) is 3.71. The first-order valence-electron chi connectivity index (χ1n) is 8.20. The molecule has 0 aliphatic carbocycles. The SMILES string of the molecule is Cc1nc2c(c(NCc3ccc(S(=O)(=O)N(C)C)cc3)n1)CCNC2. The molecule has 25 heavy (non-hydrogen) atoms. The molecule has 3 rings (SSSR count). The summed E-state index contributed by atoms with van der Waals surface area (Å²) in [6.45, 7) is 4.16. The zero-order valence-electron chi connectivity index (χ0n) is 14.7. The number of nitrogens with zero attached hydrogens (tertiary/aromatic N) is 3. The van der Waals surface area contributed by atoms with Crippen LogP contribution in [0.25, 0.3) is 0 Å². The minimum absolute atomic E-state index is 0.294. The molecular formula is C17H23N5O2S. The second kappa shape index (κ2) is 7.07. The molecule has 0 saturated carbocycles. The number of hydrogen-bond donors (Lipinski definition) is 2. The Morgan fingerprint density at radius 2 is 1.92 bits per heavy atom. The van der Waals surface area contributed by atoms with E-state index in [2.05, 4.69) is 20.6 Å². The number of aromatic nitrogens is 2. The van der Waals surface area contributed by atoms with Crippen molar-refractivity contribution in [1.82, 2.24) is 19.6 Å². The first kappa shape index (κ1) is 17.8. The highest BCUT2D eigenvalue weighted by atomic mass is 32.2. The number of hydrogen-bond acceptors (Lipinski definition) is 6. The van der Waals surface area contributed by atoms with Crippen LogP contribution >= 0.6 is 0 Å². The Kier molecular flexibility index (Phi) is 5.03. The maximum absolute atomic E-state index is 12.1. The molecule has 7 nitrogen and oxygen atoms in total. The van der Waals surface area contributed by atoms with E-state index in [0.29, 0.717) is 11.4 Å². The van der Waals surface area contributed by atoms with Crippen molar-refractivity contribution in [1.29, 1.82) is 0 Å². The smallest absolute Gasteiger partial charge is 0.242 e.